The number of aromatic nitrogens is 2. The molecule has 1 saturated carbocycles. The number of hydrogen-bond acceptors (Lipinski definition) is 8. The number of rotatable bonds is 12. The van der Waals surface area contributed by atoms with Gasteiger partial charge in [0, 0.05) is 42.4 Å². The lowest BCUT2D eigenvalue weighted by molar-refractivity contribution is -0.131. The third-order valence-corrected chi connectivity index (χ3v) is 9.37. The van der Waals surface area contributed by atoms with E-state index >= 15 is 4.39 Å². The Kier molecular flexibility index (Phi) is 10.3. The van der Waals surface area contributed by atoms with Crippen LogP contribution in [0.4, 0.5) is 25.0 Å². The molecule has 10 nitrogen and oxygen atoms in total. The summed E-state index contributed by atoms with van der Waals surface area (Å²) in [5.74, 6) is -1.91. The molecule has 0 unspecified atom stereocenters. The van der Waals surface area contributed by atoms with Gasteiger partial charge in [0.2, 0.25) is 11.8 Å². The smallest absolute Gasteiger partial charge is 0.410 e. The van der Waals surface area contributed by atoms with Crippen molar-refractivity contribution in [2.75, 3.05) is 17.2 Å². The zero-order valence-electron chi connectivity index (χ0n) is 28.9. The zero-order valence-corrected chi connectivity index (χ0v) is 29.7. The highest BCUT2D eigenvalue weighted by atomic mass is 32.1. The van der Waals surface area contributed by atoms with Crippen molar-refractivity contribution in [2.45, 2.75) is 52.2 Å². The van der Waals surface area contributed by atoms with Crippen molar-refractivity contribution in [3.05, 3.63) is 109 Å². The van der Waals surface area contributed by atoms with E-state index in [1.807, 2.05) is 39.0 Å². The summed E-state index contributed by atoms with van der Waals surface area (Å²) in [6.07, 6.45) is 5.91. The summed E-state index contributed by atoms with van der Waals surface area (Å²) in [5, 5.41) is 5.29. The van der Waals surface area contributed by atoms with Crippen LogP contribution in [-0.2, 0) is 20.9 Å². The normalized spacial score (nSPS) is 13.2. The van der Waals surface area contributed by atoms with Gasteiger partial charge < -0.3 is 25.0 Å². The van der Waals surface area contributed by atoms with Gasteiger partial charge in [0.25, 0.3) is 0 Å². The number of benzene rings is 2. The highest BCUT2D eigenvalue weighted by Crippen LogP contribution is 2.48. The molecule has 1 aliphatic carbocycles. The van der Waals surface area contributed by atoms with E-state index in [0.29, 0.717) is 59.7 Å². The fraction of sp³-hybridized carbons (Fsp3) is 0.256. The van der Waals surface area contributed by atoms with Gasteiger partial charge in [0.15, 0.2) is 11.6 Å². The van der Waals surface area contributed by atoms with Crippen molar-refractivity contribution in [1.29, 1.82) is 0 Å². The molecule has 5 aromatic rings. The van der Waals surface area contributed by atoms with Crippen LogP contribution in [0.5, 0.6) is 11.5 Å². The van der Waals surface area contributed by atoms with E-state index in [0.717, 1.165) is 16.5 Å². The highest BCUT2D eigenvalue weighted by Gasteiger charge is 2.56. The number of pyridine rings is 2. The number of thiophene rings is 1. The maximum absolute atomic E-state index is 15.3. The maximum Gasteiger partial charge on any atom is 0.410 e. The Bertz CT molecular complexity index is 2130. The second kappa shape index (κ2) is 14.9. The van der Waals surface area contributed by atoms with Crippen molar-refractivity contribution in [3.8, 4) is 22.1 Å². The number of anilines is 2. The van der Waals surface area contributed by atoms with E-state index in [1.54, 1.807) is 29.4 Å². The Morgan fingerprint density at radius 3 is 2.29 bits per heavy atom. The highest BCUT2D eigenvalue weighted by molar-refractivity contribution is 7.22. The Labute approximate surface area is 303 Å². The minimum atomic E-state index is -1.29. The number of nitrogens with zero attached hydrogens (tertiary/aromatic N) is 3. The number of ether oxygens (including phenoxy) is 2. The maximum atomic E-state index is 15.3. The quantitative estimate of drug-likeness (QED) is 0.0972. The van der Waals surface area contributed by atoms with Crippen LogP contribution >= 0.6 is 11.3 Å². The molecular weight excluding hydrogens is 689 g/mol. The van der Waals surface area contributed by atoms with Crippen molar-refractivity contribution in [1.82, 2.24) is 14.9 Å². The molecular formula is C39H37F2N5O5S. The second-order valence-corrected chi connectivity index (χ2v) is 14.5. The van der Waals surface area contributed by atoms with Crippen LogP contribution in [0.25, 0.3) is 20.8 Å². The van der Waals surface area contributed by atoms with Crippen LogP contribution in [0.2, 0.25) is 0 Å². The first-order chi connectivity index (χ1) is 24.8. The first-order valence-electron chi connectivity index (χ1n) is 16.6. The summed E-state index contributed by atoms with van der Waals surface area (Å²) in [7, 11) is 0. The zero-order chi connectivity index (χ0) is 37.0. The molecule has 3 amide bonds. The van der Waals surface area contributed by atoms with E-state index in [-0.39, 0.29) is 11.4 Å². The van der Waals surface area contributed by atoms with Gasteiger partial charge in [-0.3, -0.25) is 19.6 Å². The first-order valence-corrected chi connectivity index (χ1v) is 17.4. The molecule has 52 heavy (non-hydrogen) atoms. The molecule has 0 radical (unpaired) electrons. The number of nitrogens with one attached hydrogen (secondary N) is 2. The van der Waals surface area contributed by atoms with Gasteiger partial charge in [-0.2, -0.15) is 0 Å². The number of fused-ring (bicyclic) bond motifs is 1. The molecule has 3 aromatic heterocycles. The third-order valence-electron chi connectivity index (χ3n) is 8.21. The average Bonchev–Trinajstić information content (AvgIpc) is 3.81. The fourth-order valence-corrected chi connectivity index (χ4v) is 6.35. The Hall–Kier alpha value is -5.69. The van der Waals surface area contributed by atoms with E-state index in [9.17, 15) is 18.8 Å². The van der Waals surface area contributed by atoms with Gasteiger partial charge in [-0.05, 0) is 94.1 Å². The molecule has 3 heterocycles. The van der Waals surface area contributed by atoms with Crippen LogP contribution in [0, 0.1) is 17.0 Å². The fourth-order valence-electron chi connectivity index (χ4n) is 5.31. The molecule has 2 aromatic carbocycles. The lowest BCUT2D eigenvalue weighted by atomic mass is 10.0. The largest absolute Gasteiger partial charge is 0.453 e. The number of amides is 3. The molecule has 13 heteroatoms. The molecule has 0 bridgehead atoms. The molecule has 6 rings (SSSR count). The van der Waals surface area contributed by atoms with E-state index in [2.05, 4.69) is 27.2 Å². The Balaban J connectivity index is 1.12. The van der Waals surface area contributed by atoms with Gasteiger partial charge in [-0.15, -0.1) is 17.9 Å². The molecule has 268 valence electrons. The third kappa shape index (κ3) is 8.43. The molecule has 1 aliphatic rings. The molecule has 0 aliphatic heterocycles. The lowest BCUT2D eigenvalue weighted by Gasteiger charge is -2.27. The Morgan fingerprint density at radius 2 is 1.65 bits per heavy atom. The summed E-state index contributed by atoms with van der Waals surface area (Å²) in [4.78, 5) is 50.3. The van der Waals surface area contributed by atoms with Gasteiger partial charge in [0.05, 0.1) is 27.3 Å². The van der Waals surface area contributed by atoms with Crippen LogP contribution in [0.15, 0.2) is 91.8 Å². The Morgan fingerprint density at radius 1 is 0.942 bits per heavy atom. The van der Waals surface area contributed by atoms with Gasteiger partial charge >= 0.3 is 6.09 Å². The number of carbonyl (C=O) groups excluding carboxylic acids is 3. The summed E-state index contributed by atoms with van der Waals surface area (Å²) < 4.78 is 40.8. The van der Waals surface area contributed by atoms with Gasteiger partial charge in [-0.1, -0.05) is 12.1 Å². The van der Waals surface area contributed by atoms with E-state index < -0.39 is 40.6 Å². The number of carbonyl (C=O) groups is 3. The number of halogens is 2. The molecule has 1 fully saturated rings. The lowest BCUT2D eigenvalue weighted by Crippen LogP contribution is -2.37. The van der Waals surface area contributed by atoms with Gasteiger partial charge in [0.1, 0.15) is 22.6 Å². The SMILES string of the molecule is C=CCCN(Cc1ccc(-c2cc3nccc(Oc4ccc(NC(=O)C5(C(=O)Nc6ccc(F)cc6)CC5)cc4F)c3s2)nc1)C(=O)OC(C)(C)C. The topological polar surface area (TPSA) is 123 Å². The summed E-state index contributed by atoms with van der Waals surface area (Å²) >= 11 is 1.39. The van der Waals surface area contributed by atoms with Crippen molar-refractivity contribution in [3.63, 3.8) is 0 Å². The predicted octanol–water partition coefficient (Wildman–Crippen LogP) is 9.10. The summed E-state index contributed by atoms with van der Waals surface area (Å²) in [5.41, 5.74) is 0.789. The van der Waals surface area contributed by atoms with E-state index in [1.165, 1.54) is 47.7 Å². The monoisotopic (exact) mass is 725 g/mol. The molecule has 2 N–H and O–H groups in total. The minimum absolute atomic E-state index is 0.0656. The van der Waals surface area contributed by atoms with Gasteiger partial charge in [-0.25, -0.2) is 13.6 Å². The second-order valence-electron chi connectivity index (χ2n) is 13.4. The standard InChI is InChI=1S/C39H37F2N5O5S/c1-5-6-19-46(37(49)51-38(2,3)4)23-24-7-13-29(43-22-24)33-21-30-34(52-33)32(15-18-42-30)50-31-14-12-27(20-28(31)41)45-36(48)39(16-17-39)35(47)44-26-10-8-25(40)9-11-26/h5,7-15,18,20-22H,1,6,16-17,19,23H2,2-4H3,(H,44,47)(H,45,48). The minimum Gasteiger partial charge on any atom is -0.453 e. The van der Waals surface area contributed by atoms with Crippen molar-refractivity contribution in [2.24, 2.45) is 5.41 Å². The number of hydrogen-bond donors (Lipinski definition) is 2. The average molecular weight is 726 g/mol. The summed E-state index contributed by atoms with van der Waals surface area (Å²) in [6.45, 7) is 10.0. The van der Waals surface area contributed by atoms with Crippen LogP contribution in [0.1, 0.15) is 45.6 Å². The summed E-state index contributed by atoms with van der Waals surface area (Å²) in [6, 6.07) is 16.6. The van der Waals surface area contributed by atoms with Crippen LogP contribution in [-0.4, -0.2) is 44.9 Å². The predicted molar refractivity (Wildman–Crippen MR) is 196 cm³/mol. The molecule has 0 atom stereocenters. The van der Waals surface area contributed by atoms with Crippen molar-refractivity contribution < 1.29 is 32.6 Å². The first kappa shape index (κ1) is 36.1. The van der Waals surface area contributed by atoms with E-state index in [4.69, 9.17) is 9.47 Å². The van der Waals surface area contributed by atoms with Crippen LogP contribution in [0.3, 0.4) is 0 Å². The molecule has 0 spiro atoms. The molecule has 0 saturated heterocycles. The van der Waals surface area contributed by atoms with Crippen molar-refractivity contribution >= 4 is 50.8 Å². The van der Waals surface area contributed by atoms with Crippen LogP contribution < -0.4 is 15.4 Å².